The van der Waals surface area contributed by atoms with Crippen LogP contribution in [0.3, 0.4) is 0 Å². The maximum absolute atomic E-state index is 12.5. The molecule has 0 saturated carbocycles. The van der Waals surface area contributed by atoms with Crippen LogP contribution < -0.4 is 10.0 Å². The second-order valence-electron chi connectivity index (χ2n) is 6.46. The summed E-state index contributed by atoms with van der Waals surface area (Å²) in [6.07, 6.45) is 5.08. The van der Waals surface area contributed by atoms with Crippen molar-refractivity contribution in [2.45, 2.75) is 31.3 Å². The highest BCUT2D eigenvalue weighted by atomic mass is 32.2. The van der Waals surface area contributed by atoms with Gasteiger partial charge in [-0.3, -0.25) is 4.79 Å². The van der Waals surface area contributed by atoms with Crippen molar-refractivity contribution in [3.8, 4) is 5.82 Å². The Morgan fingerprint density at radius 2 is 1.96 bits per heavy atom. The Bertz CT molecular complexity index is 1060. The van der Waals surface area contributed by atoms with E-state index in [1.54, 1.807) is 61.4 Å². The lowest BCUT2D eigenvalue weighted by molar-refractivity contribution is 0.0950. The van der Waals surface area contributed by atoms with Crippen LogP contribution in [0.1, 0.15) is 29.8 Å². The largest absolute Gasteiger partial charge is 0.348 e. The van der Waals surface area contributed by atoms with Crippen molar-refractivity contribution in [3.05, 3.63) is 72.2 Å². The zero-order valence-electron chi connectivity index (χ0n) is 15.5. The maximum Gasteiger partial charge on any atom is 0.251 e. The van der Waals surface area contributed by atoms with Crippen LogP contribution in [0.25, 0.3) is 5.82 Å². The number of carbonyl (C=O) groups excluding carboxylic acids is 1. The van der Waals surface area contributed by atoms with Crippen molar-refractivity contribution in [1.82, 2.24) is 24.8 Å². The van der Waals surface area contributed by atoms with Crippen LogP contribution in [-0.4, -0.2) is 35.1 Å². The summed E-state index contributed by atoms with van der Waals surface area (Å²) in [6, 6.07) is 11.1. The van der Waals surface area contributed by atoms with Crippen molar-refractivity contribution in [1.29, 1.82) is 0 Å². The zero-order valence-corrected chi connectivity index (χ0v) is 16.3. The molecule has 0 aliphatic carbocycles. The summed E-state index contributed by atoms with van der Waals surface area (Å²) in [5.74, 6) is 0.281. The summed E-state index contributed by atoms with van der Waals surface area (Å²) in [4.78, 5) is 16.8. The van der Waals surface area contributed by atoms with Crippen LogP contribution in [0.5, 0.6) is 0 Å². The molecule has 2 N–H and O–H groups in total. The van der Waals surface area contributed by atoms with E-state index in [0.717, 1.165) is 5.56 Å². The monoisotopic (exact) mass is 399 g/mol. The van der Waals surface area contributed by atoms with Crippen LogP contribution in [-0.2, 0) is 16.6 Å². The molecular weight excluding hydrogens is 378 g/mol. The Kier molecular flexibility index (Phi) is 5.86. The minimum Gasteiger partial charge on any atom is -0.348 e. The first-order valence-corrected chi connectivity index (χ1v) is 10.2. The Hall–Kier alpha value is -3.04. The molecular formula is C19H21N5O3S. The van der Waals surface area contributed by atoms with Gasteiger partial charge in [-0.05, 0) is 55.8 Å². The highest BCUT2D eigenvalue weighted by molar-refractivity contribution is 7.89. The van der Waals surface area contributed by atoms with Gasteiger partial charge in [0.05, 0.1) is 4.90 Å². The van der Waals surface area contributed by atoms with Crippen LogP contribution in [0.2, 0.25) is 0 Å². The first-order valence-electron chi connectivity index (χ1n) is 8.71. The quantitative estimate of drug-likeness (QED) is 0.631. The Balaban J connectivity index is 1.71. The molecule has 0 atom stereocenters. The van der Waals surface area contributed by atoms with Crippen molar-refractivity contribution >= 4 is 15.9 Å². The average Bonchev–Trinajstić information content (AvgIpc) is 3.20. The van der Waals surface area contributed by atoms with Crippen molar-refractivity contribution in [3.63, 3.8) is 0 Å². The fraction of sp³-hybridized carbons (Fsp3) is 0.211. The van der Waals surface area contributed by atoms with Crippen LogP contribution in [0, 0.1) is 0 Å². The minimum atomic E-state index is -3.66. The molecule has 0 unspecified atom stereocenters. The summed E-state index contributed by atoms with van der Waals surface area (Å²) in [5.41, 5.74) is 1.12. The van der Waals surface area contributed by atoms with Crippen molar-refractivity contribution in [2.24, 2.45) is 0 Å². The number of amides is 1. The summed E-state index contributed by atoms with van der Waals surface area (Å²) >= 11 is 0. The SMILES string of the molecule is CC(C)NS(=O)(=O)c1cccc(C(=O)NCc2ccnc(-n3cccn3)c2)c1. The van der Waals surface area contributed by atoms with Gasteiger partial charge in [0.2, 0.25) is 10.0 Å². The Morgan fingerprint density at radius 1 is 1.14 bits per heavy atom. The third-order valence-electron chi connectivity index (χ3n) is 3.80. The second-order valence-corrected chi connectivity index (χ2v) is 8.17. The van der Waals surface area contributed by atoms with Crippen LogP contribution in [0.4, 0.5) is 0 Å². The third kappa shape index (κ3) is 4.81. The number of nitrogens with zero attached hydrogens (tertiary/aromatic N) is 3. The van der Waals surface area contributed by atoms with E-state index in [0.29, 0.717) is 5.82 Å². The van der Waals surface area contributed by atoms with Gasteiger partial charge in [0.25, 0.3) is 5.91 Å². The Labute approximate surface area is 163 Å². The first-order chi connectivity index (χ1) is 13.3. The average molecular weight is 399 g/mol. The first kappa shape index (κ1) is 19.7. The molecule has 0 radical (unpaired) electrons. The van der Waals surface area contributed by atoms with Gasteiger partial charge in [0.15, 0.2) is 5.82 Å². The zero-order chi connectivity index (χ0) is 20.1. The van der Waals surface area contributed by atoms with Gasteiger partial charge >= 0.3 is 0 Å². The summed E-state index contributed by atoms with van der Waals surface area (Å²) in [6.45, 7) is 3.75. The van der Waals surface area contributed by atoms with E-state index >= 15 is 0 Å². The molecule has 0 spiro atoms. The van der Waals surface area contributed by atoms with Gasteiger partial charge in [-0.1, -0.05) is 6.07 Å². The van der Waals surface area contributed by atoms with Gasteiger partial charge in [-0.25, -0.2) is 22.8 Å². The van der Waals surface area contributed by atoms with E-state index < -0.39 is 10.0 Å². The number of hydrogen-bond donors (Lipinski definition) is 2. The number of hydrogen-bond acceptors (Lipinski definition) is 5. The van der Waals surface area contributed by atoms with Crippen LogP contribution in [0.15, 0.2) is 66.0 Å². The normalized spacial score (nSPS) is 11.5. The molecule has 8 nitrogen and oxygen atoms in total. The highest BCUT2D eigenvalue weighted by Gasteiger charge is 2.17. The van der Waals surface area contributed by atoms with Gasteiger partial charge in [0.1, 0.15) is 0 Å². The number of sulfonamides is 1. The number of aromatic nitrogens is 3. The minimum absolute atomic E-state index is 0.0544. The lowest BCUT2D eigenvalue weighted by atomic mass is 10.2. The number of nitrogens with one attached hydrogen (secondary N) is 2. The van der Waals surface area contributed by atoms with E-state index in [-0.39, 0.29) is 29.0 Å². The standard InChI is InChI=1S/C19H21N5O3S/c1-14(2)23-28(26,27)17-6-3-5-16(12-17)19(25)21-13-15-7-9-20-18(11-15)24-10-4-8-22-24/h3-12,14,23H,13H2,1-2H3,(H,21,25). The topological polar surface area (TPSA) is 106 Å². The van der Waals surface area contributed by atoms with Gasteiger partial charge in [-0.15, -0.1) is 0 Å². The molecule has 146 valence electrons. The molecule has 2 aromatic heterocycles. The molecule has 9 heteroatoms. The van der Waals surface area contributed by atoms with E-state index in [9.17, 15) is 13.2 Å². The predicted octanol–water partition coefficient (Wildman–Crippen LogP) is 1.88. The van der Waals surface area contributed by atoms with Crippen molar-refractivity contribution < 1.29 is 13.2 Å². The third-order valence-corrected chi connectivity index (χ3v) is 5.46. The molecule has 0 fully saturated rings. The number of pyridine rings is 1. The van der Waals surface area contributed by atoms with Crippen LogP contribution >= 0.6 is 0 Å². The molecule has 28 heavy (non-hydrogen) atoms. The number of rotatable bonds is 7. The number of benzene rings is 1. The van der Waals surface area contributed by atoms with E-state index in [2.05, 4.69) is 20.1 Å². The molecule has 0 aliphatic rings. The maximum atomic E-state index is 12.5. The molecule has 0 bridgehead atoms. The van der Waals surface area contributed by atoms with Crippen molar-refractivity contribution in [2.75, 3.05) is 0 Å². The highest BCUT2D eigenvalue weighted by Crippen LogP contribution is 2.13. The molecule has 2 heterocycles. The lowest BCUT2D eigenvalue weighted by Crippen LogP contribution is -2.30. The molecule has 3 rings (SSSR count). The smallest absolute Gasteiger partial charge is 0.251 e. The van der Waals surface area contributed by atoms with Gasteiger partial charge < -0.3 is 5.32 Å². The van der Waals surface area contributed by atoms with Gasteiger partial charge in [-0.2, -0.15) is 5.10 Å². The summed E-state index contributed by atoms with van der Waals surface area (Å²) in [5, 5.41) is 6.92. The summed E-state index contributed by atoms with van der Waals surface area (Å²) < 4.78 is 28.7. The molecule has 1 aromatic carbocycles. The van der Waals surface area contributed by atoms with E-state index in [4.69, 9.17) is 0 Å². The fourth-order valence-electron chi connectivity index (χ4n) is 2.57. The van der Waals surface area contributed by atoms with E-state index in [1.807, 2.05) is 6.07 Å². The lowest BCUT2D eigenvalue weighted by Gasteiger charge is -2.11. The van der Waals surface area contributed by atoms with E-state index in [1.165, 1.54) is 12.1 Å². The molecule has 0 saturated heterocycles. The molecule has 3 aromatic rings. The fourth-order valence-corrected chi connectivity index (χ4v) is 3.86. The predicted molar refractivity (Wildman–Crippen MR) is 104 cm³/mol. The summed E-state index contributed by atoms with van der Waals surface area (Å²) in [7, 11) is -3.66. The molecule has 0 aliphatic heterocycles. The molecule has 1 amide bonds. The Morgan fingerprint density at radius 3 is 2.68 bits per heavy atom. The van der Waals surface area contributed by atoms with Gasteiger partial charge in [0, 0.05) is 36.7 Å². The number of carbonyl (C=O) groups is 1. The second kappa shape index (κ2) is 8.32.